The molecule has 0 aromatic carbocycles. The number of carbonyl (C=O) groups is 1. The molecule has 0 radical (unpaired) electrons. The Balaban J connectivity index is 2.30. The molecule has 0 aliphatic carbocycles. The lowest BCUT2D eigenvalue weighted by Gasteiger charge is -2.13. The molecule has 0 amide bonds. The van der Waals surface area contributed by atoms with Gasteiger partial charge >= 0.3 is 5.97 Å². The van der Waals surface area contributed by atoms with Crippen molar-refractivity contribution in [2.75, 3.05) is 0 Å². The molecule has 0 spiro atoms. The van der Waals surface area contributed by atoms with Crippen molar-refractivity contribution in [1.29, 1.82) is 0 Å². The van der Waals surface area contributed by atoms with Crippen LogP contribution in [0.1, 0.15) is 28.5 Å². The van der Waals surface area contributed by atoms with E-state index in [1.165, 1.54) is 17.8 Å². The van der Waals surface area contributed by atoms with E-state index in [0.29, 0.717) is 5.82 Å². The first-order chi connectivity index (χ1) is 9.33. The summed E-state index contributed by atoms with van der Waals surface area (Å²) in [4.78, 5) is 10.5. The summed E-state index contributed by atoms with van der Waals surface area (Å²) in [6, 6.07) is 0.633. The third-order valence-corrected chi connectivity index (χ3v) is 5.19. The van der Waals surface area contributed by atoms with Crippen molar-refractivity contribution >= 4 is 27.3 Å². The number of thiophene rings is 1. The Kier molecular flexibility index (Phi) is 3.88. The number of nitrogens with one attached hydrogen (secondary N) is 1. The van der Waals surface area contributed by atoms with Crippen molar-refractivity contribution in [3.8, 4) is 0 Å². The lowest BCUT2D eigenvalue weighted by atomic mass is 10.3. The van der Waals surface area contributed by atoms with Crippen molar-refractivity contribution in [2.45, 2.75) is 17.9 Å². The topological polar surface area (TPSA) is 114 Å². The molecule has 108 valence electrons. The van der Waals surface area contributed by atoms with Gasteiger partial charge in [-0.15, -0.1) is 21.5 Å². The smallest absolute Gasteiger partial charge is 0.347 e. The van der Waals surface area contributed by atoms with Crippen LogP contribution >= 0.6 is 11.3 Å². The van der Waals surface area contributed by atoms with Crippen LogP contribution in [-0.2, 0) is 17.1 Å². The summed E-state index contributed by atoms with van der Waals surface area (Å²) in [5.74, 6) is -0.840. The number of nitrogens with zero attached hydrogens (tertiary/aromatic N) is 3. The number of aromatic carboxylic acids is 1. The quantitative estimate of drug-likeness (QED) is 0.835. The second-order valence-corrected chi connectivity index (χ2v) is 6.66. The third kappa shape index (κ3) is 2.71. The van der Waals surface area contributed by atoms with Gasteiger partial charge in [0, 0.05) is 7.05 Å². The van der Waals surface area contributed by atoms with Gasteiger partial charge in [-0.3, -0.25) is 0 Å². The van der Waals surface area contributed by atoms with Crippen LogP contribution in [0.2, 0.25) is 0 Å². The Morgan fingerprint density at radius 1 is 1.55 bits per heavy atom. The molecule has 10 heteroatoms. The Bertz CT molecular complexity index is 734. The van der Waals surface area contributed by atoms with Crippen LogP contribution in [0.15, 0.2) is 22.7 Å². The van der Waals surface area contributed by atoms with E-state index >= 15 is 0 Å². The van der Waals surface area contributed by atoms with Crippen molar-refractivity contribution in [3.05, 3.63) is 28.5 Å². The summed E-state index contributed by atoms with van der Waals surface area (Å²) in [6.45, 7) is 1.61. The lowest BCUT2D eigenvalue weighted by molar-refractivity contribution is 0.0698. The number of rotatable bonds is 5. The summed E-state index contributed by atoms with van der Waals surface area (Å²) in [5.41, 5.74) is 0. The lowest BCUT2D eigenvalue weighted by Crippen LogP contribution is -2.29. The highest BCUT2D eigenvalue weighted by atomic mass is 32.2. The van der Waals surface area contributed by atoms with Gasteiger partial charge in [0.05, 0.1) is 6.04 Å². The van der Waals surface area contributed by atoms with Gasteiger partial charge in [0.25, 0.3) is 0 Å². The second-order valence-electron chi connectivity index (χ2n) is 4.06. The molecule has 0 saturated heterocycles. The molecular formula is C10H12N4O4S2. The number of aromatic nitrogens is 3. The van der Waals surface area contributed by atoms with Gasteiger partial charge in [0.1, 0.15) is 21.9 Å². The van der Waals surface area contributed by atoms with Gasteiger partial charge in [0.2, 0.25) is 10.0 Å². The van der Waals surface area contributed by atoms with Crippen LogP contribution in [0.5, 0.6) is 0 Å². The number of sulfonamides is 1. The predicted molar refractivity (Wildman–Crippen MR) is 71.0 cm³/mol. The van der Waals surface area contributed by atoms with E-state index in [4.69, 9.17) is 5.11 Å². The summed E-state index contributed by atoms with van der Waals surface area (Å²) >= 11 is 0.860. The van der Waals surface area contributed by atoms with Crippen molar-refractivity contribution in [1.82, 2.24) is 19.5 Å². The second kappa shape index (κ2) is 5.31. The van der Waals surface area contributed by atoms with E-state index in [1.54, 1.807) is 18.5 Å². The van der Waals surface area contributed by atoms with Crippen LogP contribution in [0.25, 0.3) is 0 Å². The maximum Gasteiger partial charge on any atom is 0.347 e. The molecule has 0 aliphatic rings. The van der Waals surface area contributed by atoms with Gasteiger partial charge < -0.3 is 9.67 Å². The van der Waals surface area contributed by atoms with Crippen LogP contribution in [0.4, 0.5) is 0 Å². The average Bonchev–Trinajstić information content (AvgIpc) is 2.95. The van der Waals surface area contributed by atoms with Gasteiger partial charge in [-0.1, -0.05) is 0 Å². The Labute approximate surface area is 119 Å². The van der Waals surface area contributed by atoms with Crippen LogP contribution in [0.3, 0.4) is 0 Å². The highest BCUT2D eigenvalue weighted by Crippen LogP contribution is 2.23. The predicted octanol–water partition coefficient (Wildman–Crippen LogP) is 0.614. The molecule has 0 aliphatic heterocycles. The zero-order chi connectivity index (χ0) is 14.9. The van der Waals surface area contributed by atoms with Gasteiger partial charge in [-0.25, -0.2) is 17.9 Å². The first-order valence-corrected chi connectivity index (χ1v) is 7.86. The minimum Gasteiger partial charge on any atom is -0.477 e. The Morgan fingerprint density at radius 3 is 2.80 bits per heavy atom. The van der Waals surface area contributed by atoms with Gasteiger partial charge in [-0.2, -0.15) is 0 Å². The Hall–Kier alpha value is -1.78. The molecule has 2 aromatic heterocycles. The van der Waals surface area contributed by atoms with E-state index < -0.39 is 22.0 Å². The van der Waals surface area contributed by atoms with Crippen molar-refractivity contribution in [2.24, 2.45) is 7.05 Å². The summed E-state index contributed by atoms with van der Waals surface area (Å²) in [6.07, 6.45) is 1.45. The molecule has 2 aromatic rings. The monoisotopic (exact) mass is 316 g/mol. The number of hydrogen-bond donors (Lipinski definition) is 2. The summed E-state index contributed by atoms with van der Waals surface area (Å²) < 4.78 is 28.4. The van der Waals surface area contributed by atoms with Crippen LogP contribution in [-0.4, -0.2) is 34.3 Å². The fourth-order valence-electron chi connectivity index (χ4n) is 1.70. The minimum absolute atomic E-state index is 0.220. The summed E-state index contributed by atoms with van der Waals surface area (Å²) in [5, 5.41) is 17.9. The molecule has 8 nitrogen and oxygen atoms in total. The molecule has 20 heavy (non-hydrogen) atoms. The molecule has 0 saturated carbocycles. The molecule has 1 atom stereocenters. The fourth-order valence-corrected chi connectivity index (χ4v) is 4.16. The number of carboxylic acids is 1. The standard InChI is InChI=1S/C10H12N4O4S2/c1-6(9-12-11-5-14(9)2)13-20(17,18)7-3-4-19-8(7)10(15)16/h3-6,13H,1-2H3,(H,15,16). The highest BCUT2D eigenvalue weighted by molar-refractivity contribution is 7.89. The van der Waals surface area contributed by atoms with Crippen LogP contribution < -0.4 is 4.72 Å². The fraction of sp³-hybridized carbons (Fsp3) is 0.300. The van der Waals surface area contributed by atoms with Crippen molar-refractivity contribution < 1.29 is 18.3 Å². The first-order valence-electron chi connectivity index (χ1n) is 5.50. The largest absolute Gasteiger partial charge is 0.477 e. The maximum atomic E-state index is 12.2. The first kappa shape index (κ1) is 14.6. The van der Waals surface area contributed by atoms with Crippen molar-refractivity contribution in [3.63, 3.8) is 0 Å². The molecule has 0 bridgehead atoms. The van der Waals surface area contributed by atoms with Crippen LogP contribution in [0, 0.1) is 0 Å². The van der Waals surface area contributed by atoms with E-state index in [2.05, 4.69) is 14.9 Å². The summed E-state index contributed by atoms with van der Waals surface area (Å²) in [7, 11) is -2.25. The Morgan fingerprint density at radius 2 is 2.25 bits per heavy atom. The molecule has 2 rings (SSSR count). The number of carboxylic acid groups (broad SMARTS) is 1. The molecule has 0 fully saturated rings. The molecule has 2 heterocycles. The van der Waals surface area contributed by atoms with E-state index in [9.17, 15) is 13.2 Å². The maximum absolute atomic E-state index is 12.2. The highest BCUT2D eigenvalue weighted by Gasteiger charge is 2.26. The third-order valence-electron chi connectivity index (χ3n) is 2.58. The SMILES string of the molecule is CC(NS(=O)(=O)c1ccsc1C(=O)O)c1nncn1C. The minimum atomic E-state index is -3.94. The van der Waals surface area contributed by atoms with E-state index in [0.717, 1.165) is 11.3 Å². The molecule has 1 unspecified atom stereocenters. The average molecular weight is 316 g/mol. The molecule has 2 N–H and O–H groups in total. The zero-order valence-corrected chi connectivity index (χ0v) is 12.3. The van der Waals surface area contributed by atoms with Gasteiger partial charge in [0.15, 0.2) is 0 Å². The van der Waals surface area contributed by atoms with E-state index in [1.807, 2.05) is 0 Å². The molecular weight excluding hydrogens is 304 g/mol. The number of aryl methyl sites for hydroxylation is 1. The zero-order valence-electron chi connectivity index (χ0n) is 10.6. The van der Waals surface area contributed by atoms with Gasteiger partial charge in [-0.05, 0) is 18.4 Å². The number of hydrogen-bond acceptors (Lipinski definition) is 6. The van der Waals surface area contributed by atoms with E-state index in [-0.39, 0.29) is 9.77 Å². The normalized spacial score (nSPS) is 13.3.